The van der Waals surface area contributed by atoms with Gasteiger partial charge in [-0.05, 0) is 37.6 Å². The summed E-state index contributed by atoms with van der Waals surface area (Å²) >= 11 is 0. The summed E-state index contributed by atoms with van der Waals surface area (Å²) in [6.07, 6.45) is 2.90. The van der Waals surface area contributed by atoms with E-state index in [0.29, 0.717) is 17.9 Å². The molecule has 0 fully saturated rings. The molecular formula is C14H15F2N3. The van der Waals surface area contributed by atoms with Gasteiger partial charge in [0.1, 0.15) is 17.5 Å². The maximum Gasteiger partial charge on any atom is 0.132 e. The van der Waals surface area contributed by atoms with Crippen molar-refractivity contribution < 1.29 is 8.78 Å². The van der Waals surface area contributed by atoms with Gasteiger partial charge in [-0.15, -0.1) is 0 Å². The highest BCUT2D eigenvalue weighted by atomic mass is 19.1. The molecule has 19 heavy (non-hydrogen) atoms. The zero-order valence-electron chi connectivity index (χ0n) is 10.6. The second-order valence-corrected chi connectivity index (χ2v) is 4.50. The molecule has 2 rings (SSSR count). The summed E-state index contributed by atoms with van der Waals surface area (Å²) in [4.78, 5) is 8.35. The summed E-state index contributed by atoms with van der Waals surface area (Å²) in [5.41, 5.74) is 6.19. The van der Waals surface area contributed by atoms with E-state index in [4.69, 9.17) is 5.73 Å². The molecule has 0 spiro atoms. The van der Waals surface area contributed by atoms with Crippen LogP contribution in [0, 0.1) is 11.6 Å². The Kier molecular flexibility index (Phi) is 4.16. The first-order chi connectivity index (χ1) is 9.06. The number of halogens is 2. The third-order valence-electron chi connectivity index (χ3n) is 2.73. The van der Waals surface area contributed by atoms with Crippen molar-refractivity contribution in [2.24, 2.45) is 5.73 Å². The number of nitrogens with two attached hydrogens (primary N) is 1. The molecule has 2 aromatic rings. The normalized spacial score (nSPS) is 12.4. The summed E-state index contributed by atoms with van der Waals surface area (Å²) in [6, 6.07) is 4.92. The van der Waals surface area contributed by atoms with Crippen molar-refractivity contribution in [1.29, 1.82) is 0 Å². The number of rotatable bonds is 4. The van der Waals surface area contributed by atoms with Gasteiger partial charge in [-0.2, -0.15) is 0 Å². The summed E-state index contributed by atoms with van der Waals surface area (Å²) in [7, 11) is 0. The fraction of sp³-hybridized carbons (Fsp3) is 0.286. The van der Waals surface area contributed by atoms with Crippen LogP contribution in [0.1, 0.15) is 19.2 Å². The average Bonchev–Trinajstić information content (AvgIpc) is 2.39. The second kappa shape index (κ2) is 5.84. The molecule has 100 valence electrons. The fourth-order valence-electron chi connectivity index (χ4n) is 1.72. The third-order valence-corrected chi connectivity index (χ3v) is 2.73. The Labute approximate surface area is 110 Å². The van der Waals surface area contributed by atoms with E-state index in [-0.39, 0.29) is 11.6 Å². The minimum atomic E-state index is -0.502. The van der Waals surface area contributed by atoms with Gasteiger partial charge in [-0.3, -0.25) is 0 Å². The lowest BCUT2D eigenvalue weighted by Gasteiger charge is -2.06. The molecule has 1 aromatic carbocycles. The van der Waals surface area contributed by atoms with Crippen LogP contribution in [0.25, 0.3) is 11.3 Å². The fourth-order valence-corrected chi connectivity index (χ4v) is 1.72. The van der Waals surface area contributed by atoms with E-state index in [9.17, 15) is 8.78 Å². The van der Waals surface area contributed by atoms with E-state index in [1.807, 2.05) is 6.92 Å². The first kappa shape index (κ1) is 13.5. The van der Waals surface area contributed by atoms with Crippen LogP contribution < -0.4 is 5.73 Å². The first-order valence-corrected chi connectivity index (χ1v) is 6.09. The molecule has 5 heteroatoms. The Morgan fingerprint density at radius 2 is 2.05 bits per heavy atom. The van der Waals surface area contributed by atoms with Crippen LogP contribution in [0.5, 0.6) is 0 Å². The van der Waals surface area contributed by atoms with Crippen LogP contribution in [-0.4, -0.2) is 16.0 Å². The molecule has 1 heterocycles. The Morgan fingerprint density at radius 3 is 2.79 bits per heavy atom. The monoisotopic (exact) mass is 263 g/mol. The quantitative estimate of drug-likeness (QED) is 0.922. The van der Waals surface area contributed by atoms with Crippen molar-refractivity contribution in [1.82, 2.24) is 9.97 Å². The van der Waals surface area contributed by atoms with E-state index < -0.39 is 11.6 Å². The van der Waals surface area contributed by atoms with Crippen LogP contribution in [0.15, 0.2) is 30.5 Å². The lowest BCUT2D eigenvalue weighted by molar-refractivity contribution is 0.602. The molecule has 0 aliphatic heterocycles. The van der Waals surface area contributed by atoms with Crippen molar-refractivity contribution in [3.63, 3.8) is 0 Å². The minimum Gasteiger partial charge on any atom is -0.328 e. The zero-order valence-corrected chi connectivity index (χ0v) is 10.6. The van der Waals surface area contributed by atoms with Crippen LogP contribution in [0.4, 0.5) is 8.78 Å². The van der Waals surface area contributed by atoms with Gasteiger partial charge in [0.05, 0.1) is 5.69 Å². The zero-order chi connectivity index (χ0) is 13.8. The number of hydrogen-bond acceptors (Lipinski definition) is 3. The summed E-state index contributed by atoms with van der Waals surface area (Å²) in [5, 5.41) is 0. The standard InChI is InChI=1S/C14H15F2N3/c1-9(17)2-5-14-18-7-6-13(19-14)11-8-10(15)3-4-12(11)16/h3-4,6-9H,2,5,17H2,1H3. The van der Waals surface area contributed by atoms with Gasteiger partial charge in [-0.1, -0.05) is 0 Å². The molecule has 0 aliphatic rings. The molecule has 0 aliphatic carbocycles. The minimum absolute atomic E-state index is 0.0539. The molecular weight excluding hydrogens is 248 g/mol. The van der Waals surface area contributed by atoms with E-state index in [0.717, 1.165) is 24.6 Å². The molecule has 0 saturated carbocycles. The van der Waals surface area contributed by atoms with E-state index in [2.05, 4.69) is 9.97 Å². The van der Waals surface area contributed by atoms with Gasteiger partial charge in [0.15, 0.2) is 0 Å². The van der Waals surface area contributed by atoms with Crippen LogP contribution >= 0.6 is 0 Å². The summed E-state index contributed by atoms with van der Waals surface area (Å²) in [5.74, 6) is -0.413. The Hall–Kier alpha value is -1.88. The van der Waals surface area contributed by atoms with Crippen molar-refractivity contribution in [2.75, 3.05) is 0 Å². The molecule has 0 saturated heterocycles. The third kappa shape index (κ3) is 3.54. The van der Waals surface area contributed by atoms with Gasteiger partial charge >= 0.3 is 0 Å². The Morgan fingerprint density at radius 1 is 1.26 bits per heavy atom. The van der Waals surface area contributed by atoms with E-state index in [1.54, 1.807) is 12.3 Å². The maximum absolute atomic E-state index is 13.7. The highest BCUT2D eigenvalue weighted by Crippen LogP contribution is 2.21. The van der Waals surface area contributed by atoms with Gasteiger partial charge in [0.25, 0.3) is 0 Å². The average molecular weight is 263 g/mol. The Bertz CT molecular complexity index is 570. The predicted octanol–water partition coefficient (Wildman–Crippen LogP) is 2.70. The van der Waals surface area contributed by atoms with E-state index >= 15 is 0 Å². The summed E-state index contributed by atoms with van der Waals surface area (Å²) < 4.78 is 26.8. The Balaban J connectivity index is 2.29. The number of aromatic nitrogens is 2. The number of nitrogens with zero attached hydrogens (tertiary/aromatic N) is 2. The largest absolute Gasteiger partial charge is 0.328 e. The highest BCUT2D eigenvalue weighted by molar-refractivity contribution is 5.59. The van der Waals surface area contributed by atoms with Crippen molar-refractivity contribution in [2.45, 2.75) is 25.8 Å². The lowest BCUT2D eigenvalue weighted by atomic mass is 10.1. The molecule has 1 aromatic heterocycles. The number of aryl methyl sites for hydroxylation is 1. The second-order valence-electron chi connectivity index (χ2n) is 4.50. The molecule has 0 amide bonds. The molecule has 0 bridgehead atoms. The molecule has 2 N–H and O–H groups in total. The van der Waals surface area contributed by atoms with Gasteiger partial charge in [-0.25, -0.2) is 18.7 Å². The molecule has 0 radical (unpaired) electrons. The van der Waals surface area contributed by atoms with Gasteiger partial charge in [0, 0.05) is 24.2 Å². The van der Waals surface area contributed by atoms with Crippen molar-refractivity contribution >= 4 is 0 Å². The molecule has 3 nitrogen and oxygen atoms in total. The smallest absolute Gasteiger partial charge is 0.132 e. The van der Waals surface area contributed by atoms with Crippen LogP contribution in [-0.2, 0) is 6.42 Å². The topological polar surface area (TPSA) is 51.8 Å². The van der Waals surface area contributed by atoms with Crippen molar-refractivity contribution in [3.8, 4) is 11.3 Å². The van der Waals surface area contributed by atoms with Crippen molar-refractivity contribution in [3.05, 3.63) is 47.9 Å². The van der Waals surface area contributed by atoms with Crippen LogP contribution in [0.2, 0.25) is 0 Å². The SMILES string of the molecule is CC(N)CCc1nccc(-c2cc(F)ccc2F)n1. The highest BCUT2D eigenvalue weighted by Gasteiger charge is 2.09. The number of hydrogen-bond donors (Lipinski definition) is 1. The summed E-state index contributed by atoms with van der Waals surface area (Å²) in [6.45, 7) is 1.90. The van der Waals surface area contributed by atoms with Crippen LogP contribution in [0.3, 0.4) is 0 Å². The lowest BCUT2D eigenvalue weighted by Crippen LogP contribution is -2.16. The maximum atomic E-state index is 13.7. The first-order valence-electron chi connectivity index (χ1n) is 6.09. The number of benzene rings is 1. The predicted molar refractivity (Wildman–Crippen MR) is 69.4 cm³/mol. The molecule has 1 atom stereocenters. The molecule has 1 unspecified atom stereocenters. The van der Waals surface area contributed by atoms with E-state index in [1.165, 1.54) is 0 Å². The van der Waals surface area contributed by atoms with Gasteiger partial charge < -0.3 is 5.73 Å². The van der Waals surface area contributed by atoms with Gasteiger partial charge in [0.2, 0.25) is 0 Å².